The Labute approximate surface area is 128 Å². The summed E-state index contributed by atoms with van der Waals surface area (Å²) in [6.45, 7) is 1.27. The van der Waals surface area contributed by atoms with E-state index in [1.807, 2.05) is 4.90 Å². The molecule has 112 valence electrons. The minimum absolute atomic E-state index is 0.160. The van der Waals surface area contributed by atoms with E-state index in [9.17, 15) is 13.2 Å². The van der Waals surface area contributed by atoms with E-state index in [1.54, 1.807) is 28.2 Å². The van der Waals surface area contributed by atoms with Crippen LogP contribution in [-0.4, -0.2) is 43.3 Å². The molecule has 0 N–H and O–H groups in total. The number of rotatable bonds is 2. The van der Waals surface area contributed by atoms with Gasteiger partial charge in [-0.1, -0.05) is 0 Å². The van der Waals surface area contributed by atoms with Crippen LogP contribution in [0.15, 0.2) is 17.0 Å². The van der Waals surface area contributed by atoms with E-state index in [0.29, 0.717) is 36.7 Å². The van der Waals surface area contributed by atoms with Crippen molar-refractivity contribution in [2.75, 3.05) is 29.6 Å². The van der Waals surface area contributed by atoms with Gasteiger partial charge in [-0.05, 0) is 36.1 Å². The Bertz CT molecular complexity index is 724. The molecule has 3 aliphatic heterocycles. The van der Waals surface area contributed by atoms with Gasteiger partial charge in [0.25, 0.3) is 0 Å². The highest BCUT2D eigenvalue weighted by Crippen LogP contribution is 2.39. The first-order valence-electron chi connectivity index (χ1n) is 7.11. The van der Waals surface area contributed by atoms with Crippen LogP contribution in [0.3, 0.4) is 0 Å². The first-order valence-corrected chi connectivity index (χ1v) is 9.71. The summed E-state index contributed by atoms with van der Waals surface area (Å²) < 4.78 is 26.9. The van der Waals surface area contributed by atoms with Gasteiger partial charge in [0.15, 0.2) is 0 Å². The molecule has 5 nitrogen and oxygen atoms in total. The number of sulfonamides is 1. The third-order valence-electron chi connectivity index (χ3n) is 4.38. The second kappa shape index (κ2) is 4.72. The number of hydrogen-bond acceptors (Lipinski definition) is 4. The van der Waals surface area contributed by atoms with Crippen molar-refractivity contribution in [3.05, 3.63) is 23.3 Å². The number of benzene rings is 1. The molecule has 3 heterocycles. The first-order chi connectivity index (χ1) is 10.1. The summed E-state index contributed by atoms with van der Waals surface area (Å²) in [5, 5.41) is 0. The monoisotopic (exact) mass is 324 g/mol. The van der Waals surface area contributed by atoms with E-state index in [2.05, 4.69) is 0 Å². The van der Waals surface area contributed by atoms with E-state index >= 15 is 0 Å². The normalized spacial score (nSPS) is 21.9. The molecule has 0 aromatic heterocycles. The summed E-state index contributed by atoms with van der Waals surface area (Å²) >= 11 is 1.64. The zero-order valence-electron chi connectivity index (χ0n) is 11.5. The van der Waals surface area contributed by atoms with Gasteiger partial charge in [0.2, 0.25) is 15.9 Å². The average Bonchev–Trinajstić information content (AvgIpc) is 3.13. The molecule has 0 spiro atoms. The third kappa shape index (κ3) is 2.02. The summed E-state index contributed by atoms with van der Waals surface area (Å²) in [7, 11) is -3.39. The Morgan fingerprint density at radius 1 is 1.05 bits per heavy atom. The van der Waals surface area contributed by atoms with Crippen LogP contribution in [0.25, 0.3) is 0 Å². The molecule has 1 saturated heterocycles. The predicted octanol–water partition coefficient (Wildman–Crippen LogP) is 1.22. The van der Waals surface area contributed by atoms with Crippen molar-refractivity contribution < 1.29 is 13.2 Å². The number of nitrogens with zero attached hydrogens (tertiary/aromatic N) is 2. The van der Waals surface area contributed by atoms with E-state index in [-0.39, 0.29) is 5.91 Å². The fourth-order valence-electron chi connectivity index (χ4n) is 3.31. The maximum Gasteiger partial charge on any atom is 0.243 e. The van der Waals surface area contributed by atoms with Gasteiger partial charge in [-0.3, -0.25) is 4.79 Å². The van der Waals surface area contributed by atoms with Gasteiger partial charge in [-0.25, -0.2) is 8.42 Å². The van der Waals surface area contributed by atoms with Gasteiger partial charge in [0, 0.05) is 25.3 Å². The van der Waals surface area contributed by atoms with Crippen molar-refractivity contribution >= 4 is 33.4 Å². The molecule has 0 saturated carbocycles. The second-order valence-corrected chi connectivity index (χ2v) is 8.62. The molecule has 3 aliphatic rings. The third-order valence-corrected chi connectivity index (χ3v) is 7.34. The van der Waals surface area contributed by atoms with Crippen LogP contribution in [0, 0.1) is 0 Å². The maximum atomic E-state index is 12.7. The SMILES string of the molecule is O=C1CCc2cc(S(=O)(=O)N3CCSC3)cc3c2N1CC3. The number of thioether (sulfide) groups is 1. The Morgan fingerprint density at radius 2 is 1.81 bits per heavy atom. The lowest BCUT2D eigenvalue weighted by atomic mass is 10.00. The molecule has 1 aromatic rings. The number of carbonyl (C=O) groups excluding carboxylic acids is 1. The highest BCUT2D eigenvalue weighted by atomic mass is 32.2. The molecular formula is C14H16N2O3S2. The van der Waals surface area contributed by atoms with Crippen molar-refractivity contribution in [1.82, 2.24) is 4.31 Å². The average molecular weight is 324 g/mol. The van der Waals surface area contributed by atoms with Crippen LogP contribution < -0.4 is 4.90 Å². The molecule has 0 unspecified atom stereocenters. The Morgan fingerprint density at radius 3 is 2.52 bits per heavy atom. The molecule has 0 aliphatic carbocycles. The minimum Gasteiger partial charge on any atom is -0.312 e. The molecule has 21 heavy (non-hydrogen) atoms. The Balaban J connectivity index is 1.81. The molecule has 0 bridgehead atoms. The van der Waals surface area contributed by atoms with Crippen molar-refractivity contribution in [3.8, 4) is 0 Å². The highest BCUT2D eigenvalue weighted by molar-refractivity contribution is 8.00. The number of hydrogen-bond donors (Lipinski definition) is 0. The van der Waals surface area contributed by atoms with Gasteiger partial charge >= 0.3 is 0 Å². The Kier molecular flexibility index (Phi) is 3.06. The maximum absolute atomic E-state index is 12.7. The summed E-state index contributed by atoms with van der Waals surface area (Å²) in [6, 6.07) is 3.55. The van der Waals surface area contributed by atoms with Gasteiger partial charge in [-0.2, -0.15) is 4.31 Å². The molecule has 1 amide bonds. The van der Waals surface area contributed by atoms with Crippen LogP contribution >= 0.6 is 11.8 Å². The molecule has 0 atom stereocenters. The molecule has 7 heteroatoms. The largest absolute Gasteiger partial charge is 0.312 e. The van der Waals surface area contributed by atoms with Gasteiger partial charge in [0.1, 0.15) is 0 Å². The van der Waals surface area contributed by atoms with Crippen molar-refractivity contribution in [2.45, 2.75) is 24.2 Å². The molecule has 0 radical (unpaired) electrons. The predicted molar refractivity (Wildman–Crippen MR) is 82.0 cm³/mol. The summed E-state index contributed by atoms with van der Waals surface area (Å²) in [4.78, 5) is 14.1. The lowest BCUT2D eigenvalue weighted by Gasteiger charge is -2.26. The van der Waals surface area contributed by atoms with Gasteiger partial charge < -0.3 is 4.90 Å². The molecule has 1 aromatic carbocycles. The zero-order chi connectivity index (χ0) is 14.6. The number of anilines is 1. The van der Waals surface area contributed by atoms with Crippen LogP contribution in [0.2, 0.25) is 0 Å². The number of amides is 1. The van der Waals surface area contributed by atoms with Gasteiger partial charge in [0.05, 0.1) is 16.5 Å². The van der Waals surface area contributed by atoms with Crippen LogP contribution in [0.4, 0.5) is 5.69 Å². The summed E-state index contributed by atoms with van der Waals surface area (Å²) in [6.07, 6.45) is 1.89. The molecular weight excluding hydrogens is 308 g/mol. The Hall–Kier alpha value is -1.05. The quantitative estimate of drug-likeness (QED) is 0.821. The van der Waals surface area contributed by atoms with Crippen molar-refractivity contribution in [2.24, 2.45) is 0 Å². The lowest BCUT2D eigenvalue weighted by Crippen LogP contribution is -2.33. The minimum atomic E-state index is -3.39. The van der Waals surface area contributed by atoms with Crippen LogP contribution in [0.5, 0.6) is 0 Å². The standard InChI is InChI=1S/C14H16N2O3S2/c17-13-2-1-10-7-12(8-11-3-4-16(13)14(10)11)21(18,19)15-5-6-20-9-15/h7-8H,1-6,9H2. The van der Waals surface area contributed by atoms with E-state index < -0.39 is 10.0 Å². The first kappa shape index (κ1) is 13.6. The zero-order valence-corrected chi connectivity index (χ0v) is 13.2. The number of carbonyl (C=O) groups is 1. The molecule has 1 fully saturated rings. The molecule has 4 rings (SSSR count). The lowest BCUT2D eigenvalue weighted by molar-refractivity contribution is -0.118. The van der Waals surface area contributed by atoms with E-state index in [4.69, 9.17) is 0 Å². The van der Waals surface area contributed by atoms with E-state index in [0.717, 1.165) is 29.0 Å². The fraction of sp³-hybridized carbons (Fsp3) is 0.500. The second-order valence-electron chi connectivity index (χ2n) is 5.60. The van der Waals surface area contributed by atoms with Crippen LogP contribution in [0.1, 0.15) is 17.5 Å². The van der Waals surface area contributed by atoms with Crippen molar-refractivity contribution in [1.29, 1.82) is 0 Å². The van der Waals surface area contributed by atoms with Crippen molar-refractivity contribution in [3.63, 3.8) is 0 Å². The summed E-state index contributed by atoms with van der Waals surface area (Å²) in [5.41, 5.74) is 2.99. The smallest absolute Gasteiger partial charge is 0.243 e. The van der Waals surface area contributed by atoms with Crippen LogP contribution in [-0.2, 0) is 27.7 Å². The number of aryl methyl sites for hydroxylation is 1. The van der Waals surface area contributed by atoms with E-state index in [1.165, 1.54) is 0 Å². The summed E-state index contributed by atoms with van der Waals surface area (Å²) in [5.74, 6) is 1.56. The van der Waals surface area contributed by atoms with Gasteiger partial charge in [-0.15, -0.1) is 11.8 Å². The topological polar surface area (TPSA) is 57.7 Å². The highest BCUT2D eigenvalue weighted by Gasteiger charge is 2.34. The fourth-order valence-corrected chi connectivity index (χ4v) is 6.23.